The zero-order chi connectivity index (χ0) is 16.6. The Morgan fingerprint density at radius 3 is 2.87 bits per heavy atom. The number of nitrogens with zero attached hydrogens (tertiary/aromatic N) is 2. The Balaban J connectivity index is 1.94. The molecule has 4 nitrogen and oxygen atoms in total. The number of halogens is 1. The predicted octanol–water partition coefficient (Wildman–Crippen LogP) is 3.36. The average Bonchev–Trinajstić information content (AvgIpc) is 2.97. The summed E-state index contributed by atoms with van der Waals surface area (Å²) in [6.07, 6.45) is 1.90. The first-order valence-electron chi connectivity index (χ1n) is 7.82. The van der Waals surface area contributed by atoms with Crippen LogP contribution in [0.1, 0.15) is 18.4 Å². The van der Waals surface area contributed by atoms with E-state index in [9.17, 15) is 9.90 Å². The Kier molecular flexibility index (Phi) is 4.60. The van der Waals surface area contributed by atoms with Gasteiger partial charge < -0.3 is 10.0 Å². The molecule has 1 N–H and O–H groups in total. The number of carbonyl (C=O) groups is 1. The van der Waals surface area contributed by atoms with E-state index in [-0.39, 0.29) is 11.9 Å². The van der Waals surface area contributed by atoms with Gasteiger partial charge in [0.25, 0.3) is 0 Å². The van der Waals surface area contributed by atoms with Gasteiger partial charge in [-0.3, -0.25) is 9.69 Å². The van der Waals surface area contributed by atoms with E-state index in [0.717, 1.165) is 40.2 Å². The fourth-order valence-electron chi connectivity index (χ4n) is 3.32. The molecule has 1 aliphatic rings. The third-order valence-electron chi connectivity index (χ3n) is 4.52. The second-order valence-corrected chi connectivity index (χ2v) is 7.21. The van der Waals surface area contributed by atoms with Crippen LogP contribution in [0.15, 0.2) is 34.8 Å². The first-order valence-corrected chi connectivity index (χ1v) is 8.62. The summed E-state index contributed by atoms with van der Waals surface area (Å²) >= 11 is 3.49. The normalized spacial score (nSPS) is 18.5. The monoisotopic (exact) mass is 376 g/mol. The summed E-state index contributed by atoms with van der Waals surface area (Å²) < 4.78 is 1.02. The first kappa shape index (κ1) is 16.3. The number of likely N-dealkylation sites (tertiary alicyclic amines) is 1. The zero-order valence-electron chi connectivity index (χ0n) is 13.4. The highest BCUT2D eigenvalue weighted by molar-refractivity contribution is 9.10. The number of likely N-dealkylation sites (N-methyl/N-ethyl adjacent to an activating group) is 1. The summed E-state index contributed by atoms with van der Waals surface area (Å²) in [6, 6.07) is 9.62. The van der Waals surface area contributed by atoms with Crippen molar-refractivity contribution in [3.05, 3.63) is 40.4 Å². The third-order valence-corrected chi connectivity index (χ3v) is 5.01. The molecule has 3 rings (SSSR count). The fourth-order valence-corrected chi connectivity index (χ4v) is 3.69. The van der Waals surface area contributed by atoms with Crippen LogP contribution in [0, 0.1) is 0 Å². The van der Waals surface area contributed by atoms with E-state index in [2.05, 4.69) is 20.8 Å². The van der Waals surface area contributed by atoms with Crippen molar-refractivity contribution in [2.75, 3.05) is 20.6 Å². The minimum absolute atomic E-state index is 0.0879. The van der Waals surface area contributed by atoms with Gasteiger partial charge in [0.2, 0.25) is 5.91 Å². The number of phenols is 1. The molecule has 1 atom stereocenters. The van der Waals surface area contributed by atoms with Crippen LogP contribution in [0.2, 0.25) is 0 Å². The lowest BCUT2D eigenvalue weighted by molar-refractivity contribution is -0.133. The molecule has 1 fully saturated rings. The average molecular weight is 377 g/mol. The fraction of sp³-hybridized carbons (Fsp3) is 0.389. The summed E-state index contributed by atoms with van der Waals surface area (Å²) in [5.41, 5.74) is 0.897. The second-order valence-electron chi connectivity index (χ2n) is 6.29. The molecule has 2 aromatic carbocycles. The molecule has 0 spiro atoms. The molecule has 122 valence electrons. The van der Waals surface area contributed by atoms with Gasteiger partial charge in [-0.25, -0.2) is 0 Å². The van der Waals surface area contributed by atoms with Gasteiger partial charge in [-0.2, -0.15) is 0 Å². The van der Waals surface area contributed by atoms with Gasteiger partial charge in [0.05, 0.1) is 6.04 Å². The van der Waals surface area contributed by atoms with Gasteiger partial charge in [-0.15, -0.1) is 0 Å². The number of fused-ring (bicyclic) bond motifs is 1. The van der Waals surface area contributed by atoms with Crippen LogP contribution in [0.5, 0.6) is 5.75 Å². The smallest absolute Gasteiger partial charge is 0.239 e. The topological polar surface area (TPSA) is 43.8 Å². The van der Waals surface area contributed by atoms with Gasteiger partial charge in [0.1, 0.15) is 5.75 Å². The van der Waals surface area contributed by atoms with Crippen molar-refractivity contribution in [2.45, 2.75) is 25.4 Å². The van der Waals surface area contributed by atoms with Gasteiger partial charge >= 0.3 is 0 Å². The molecule has 2 aromatic rings. The standard InChI is InChI=1S/C18H21BrN2O2/c1-20(2)18(23)16-4-3-9-21(16)11-15-14-7-6-13(19)10-12(14)5-8-17(15)22/h5-8,10,16,22H,3-4,9,11H2,1-2H3/t16-/m0/s1. The molecular weight excluding hydrogens is 356 g/mol. The van der Waals surface area contributed by atoms with E-state index in [0.29, 0.717) is 12.3 Å². The summed E-state index contributed by atoms with van der Waals surface area (Å²) in [5.74, 6) is 0.438. The summed E-state index contributed by atoms with van der Waals surface area (Å²) in [7, 11) is 3.59. The number of carbonyl (C=O) groups excluding carboxylic acids is 1. The lowest BCUT2D eigenvalue weighted by Gasteiger charge is -2.26. The molecular formula is C18H21BrN2O2. The second kappa shape index (κ2) is 6.49. The minimum atomic E-state index is -0.0879. The van der Waals surface area contributed by atoms with Crippen molar-refractivity contribution in [3.8, 4) is 5.75 Å². The lowest BCUT2D eigenvalue weighted by Crippen LogP contribution is -2.42. The molecule has 23 heavy (non-hydrogen) atoms. The SMILES string of the molecule is CN(C)C(=O)[C@@H]1CCCN1Cc1c(O)ccc2cc(Br)ccc12. The number of amides is 1. The van der Waals surface area contributed by atoms with Gasteiger partial charge in [0, 0.05) is 30.7 Å². The van der Waals surface area contributed by atoms with Crippen LogP contribution in [0.3, 0.4) is 0 Å². The molecule has 5 heteroatoms. The van der Waals surface area contributed by atoms with Crippen LogP contribution in [0.25, 0.3) is 10.8 Å². The van der Waals surface area contributed by atoms with E-state index in [1.807, 2.05) is 24.3 Å². The van der Waals surface area contributed by atoms with E-state index < -0.39 is 0 Å². The maximum Gasteiger partial charge on any atom is 0.239 e. The summed E-state index contributed by atoms with van der Waals surface area (Å²) in [6.45, 7) is 1.48. The quantitative estimate of drug-likeness (QED) is 0.892. The van der Waals surface area contributed by atoms with Crippen molar-refractivity contribution < 1.29 is 9.90 Å². The van der Waals surface area contributed by atoms with Crippen molar-refractivity contribution in [3.63, 3.8) is 0 Å². The third kappa shape index (κ3) is 3.21. The molecule has 1 amide bonds. The molecule has 0 radical (unpaired) electrons. The largest absolute Gasteiger partial charge is 0.508 e. The molecule has 0 aliphatic carbocycles. The van der Waals surface area contributed by atoms with Gasteiger partial charge in [0.15, 0.2) is 0 Å². The molecule has 0 bridgehead atoms. The summed E-state index contributed by atoms with van der Waals surface area (Å²) in [4.78, 5) is 16.2. The van der Waals surface area contributed by atoms with E-state index in [4.69, 9.17) is 0 Å². The maximum atomic E-state index is 12.4. The van der Waals surface area contributed by atoms with Crippen molar-refractivity contribution in [1.82, 2.24) is 9.80 Å². The van der Waals surface area contributed by atoms with Gasteiger partial charge in [-0.1, -0.05) is 28.1 Å². The van der Waals surface area contributed by atoms with E-state index in [1.54, 1.807) is 25.1 Å². The van der Waals surface area contributed by atoms with Crippen LogP contribution in [-0.4, -0.2) is 47.5 Å². The highest BCUT2D eigenvalue weighted by Crippen LogP contribution is 2.32. The van der Waals surface area contributed by atoms with Crippen LogP contribution in [-0.2, 0) is 11.3 Å². The Morgan fingerprint density at radius 1 is 1.35 bits per heavy atom. The van der Waals surface area contributed by atoms with Gasteiger partial charge in [-0.05, 0) is 48.4 Å². The lowest BCUT2D eigenvalue weighted by atomic mass is 10.0. The Labute approximate surface area is 144 Å². The summed E-state index contributed by atoms with van der Waals surface area (Å²) in [5, 5.41) is 12.5. The Morgan fingerprint density at radius 2 is 2.13 bits per heavy atom. The number of hydrogen-bond donors (Lipinski definition) is 1. The van der Waals surface area contributed by atoms with Crippen molar-refractivity contribution >= 4 is 32.6 Å². The van der Waals surface area contributed by atoms with Crippen LogP contribution < -0.4 is 0 Å². The molecule has 0 saturated carbocycles. The van der Waals surface area contributed by atoms with E-state index >= 15 is 0 Å². The maximum absolute atomic E-state index is 12.4. The Hall–Kier alpha value is -1.59. The molecule has 0 unspecified atom stereocenters. The number of aromatic hydroxyl groups is 1. The molecule has 1 saturated heterocycles. The number of rotatable bonds is 3. The highest BCUT2D eigenvalue weighted by atomic mass is 79.9. The molecule has 1 aliphatic heterocycles. The molecule has 0 aromatic heterocycles. The Bertz CT molecular complexity index is 745. The van der Waals surface area contributed by atoms with Crippen LogP contribution in [0.4, 0.5) is 0 Å². The van der Waals surface area contributed by atoms with E-state index in [1.165, 1.54) is 0 Å². The van der Waals surface area contributed by atoms with Crippen LogP contribution >= 0.6 is 15.9 Å². The first-order chi connectivity index (χ1) is 11.0. The number of hydrogen-bond acceptors (Lipinski definition) is 3. The number of benzene rings is 2. The van der Waals surface area contributed by atoms with Crippen molar-refractivity contribution in [2.24, 2.45) is 0 Å². The minimum Gasteiger partial charge on any atom is -0.508 e. The highest BCUT2D eigenvalue weighted by Gasteiger charge is 2.32. The number of phenolic OH excluding ortho intramolecular Hbond substituents is 1. The molecule has 1 heterocycles. The zero-order valence-corrected chi connectivity index (χ0v) is 15.0. The predicted molar refractivity (Wildman–Crippen MR) is 95.4 cm³/mol. The van der Waals surface area contributed by atoms with Crippen molar-refractivity contribution in [1.29, 1.82) is 0 Å².